The van der Waals surface area contributed by atoms with Crippen LogP contribution in [0.4, 0.5) is 0 Å². The Bertz CT molecular complexity index is 1310. The van der Waals surface area contributed by atoms with Crippen LogP contribution in [0.5, 0.6) is 0 Å². The highest BCUT2D eigenvalue weighted by Crippen LogP contribution is 2.25. The van der Waals surface area contributed by atoms with Gasteiger partial charge in [-0.05, 0) is 44.5 Å². The van der Waals surface area contributed by atoms with E-state index in [0.717, 1.165) is 22.5 Å². The van der Waals surface area contributed by atoms with Crippen molar-refractivity contribution in [2.75, 3.05) is 0 Å². The van der Waals surface area contributed by atoms with Crippen LogP contribution in [0.2, 0.25) is 5.02 Å². The SMILES string of the molecule is Cc1ccc(Cn2nc(C)c(/C=C/C(=O)OCc3nc(-c4ccccc4Cl)no3)c2C)cc1. The number of ether oxygens (including phenoxy) is 1. The van der Waals surface area contributed by atoms with E-state index in [0.29, 0.717) is 23.0 Å². The molecule has 0 radical (unpaired) electrons. The number of nitrogens with zero attached hydrogens (tertiary/aromatic N) is 4. The molecule has 0 saturated carbocycles. The van der Waals surface area contributed by atoms with Gasteiger partial charge in [0.25, 0.3) is 5.89 Å². The standard InChI is InChI=1S/C25H23ClN4O3/c1-16-8-10-19(11-9-16)14-30-18(3)20(17(2)28-30)12-13-24(31)32-15-23-27-25(29-33-23)21-6-4-5-7-22(21)26/h4-13H,14-15H2,1-3H3/b13-12+. The van der Waals surface area contributed by atoms with Crippen molar-refractivity contribution in [1.82, 2.24) is 19.9 Å². The Kier molecular flexibility index (Phi) is 6.70. The van der Waals surface area contributed by atoms with E-state index in [4.69, 9.17) is 20.9 Å². The zero-order valence-electron chi connectivity index (χ0n) is 18.6. The lowest BCUT2D eigenvalue weighted by molar-refractivity contribution is -0.139. The molecule has 0 amide bonds. The van der Waals surface area contributed by atoms with Gasteiger partial charge in [0.1, 0.15) is 0 Å². The predicted molar refractivity (Wildman–Crippen MR) is 126 cm³/mol. The molecule has 2 heterocycles. The van der Waals surface area contributed by atoms with Gasteiger partial charge >= 0.3 is 5.97 Å². The Morgan fingerprint density at radius 1 is 1.12 bits per heavy atom. The van der Waals surface area contributed by atoms with Crippen molar-refractivity contribution in [2.45, 2.75) is 33.9 Å². The molecule has 0 bridgehead atoms. The van der Waals surface area contributed by atoms with Crippen LogP contribution in [0.1, 0.15) is 34.0 Å². The monoisotopic (exact) mass is 462 g/mol. The normalized spacial score (nSPS) is 11.3. The molecule has 0 N–H and O–H groups in total. The van der Waals surface area contributed by atoms with Crippen molar-refractivity contribution in [2.24, 2.45) is 0 Å². The van der Waals surface area contributed by atoms with E-state index in [2.05, 4.69) is 46.4 Å². The largest absolute Gasteiger partial charge is 0.452 e. The molecule has 0 aliphatic rings. The van der Waals surface area contributed by atoms with Gasteiger partial charge in [-0.25, -0.2) is 4.79 Å². The lowest BCUT2D eigenvalue weighted by Crippen LogP contribution is -2.04. The number of esters is 1. The summed E-state index contributed by atoms with van der Waals surface area (Å²) in [4.78, 5) is 16.5. The Morgan fingerprint density at radius 2 is 1.88 bits per heavy atom. The summed E-state index contributed by atoms with van der Waals surface area (Å²) in [6, 6.07) is 15.5. The van der Waals surface area contributed by atoms with E-state index in [9.17, 15) is 4.79 Å². The molecule has 0 fully saturated rings. The number of hydrogen-bond donors (Lipinski definition) is 0. The maximum absolute atomic E-state index is 12.2. The summed E-state index contributed by atoms with van der Waals surface area (Å²) in [6.45, 7) is 6.49. The minimum atomic E-state index is -0.516. The first-order valence-corrected chi connectivity index (χ1v) is 10.8. The van der Waals surface area contributed by atoms with Crippen molar-refractivity contribution in [3.63, 3.8) is 0 Å². The van der Waals surface area contributed by atoms with Gasteiger partial charge in [0.05, 0.1) is 17.3 Å². The third-order valence-corrected chi connectivity index (χ3v) is 5.53. The summed E-state index contributed by atoms with van der Waals surface area (Å²) >= 11 is 6.15. The van der Waals surface area contributed by atoms with E-state index >= 15 is 0 Å². The molecule has 7 nitrogen and oxygen atoms in total. The summed E-state index contributed by atoms with van der Waals surface area (Å²) in [5, 5.41) is 9.01. The van der Waals surface area contributed by atoms with Crippen LogP contribution in [-0.2, 0) is 22.7 Å². The number of aryl methyl sites for hydroxylation is 2. The van der Waals surface area contributed by atoms with E-state index in [-0.39, 0.29) is 12.5 Å². The van der Waals surface area contributed by atoms with E-state index in [1.165, 1.54) is 11.6 Å². The van der Waals surface area contributed by atoms with Crippen molar-refractivity contribution >= 4 is 23.6 Å². The number of carbonyl (C=O) groups is 1. The van der Waals surface area contributed by atoms with E-state index in [1.54, 1.807) is 18.2 Å². The lowest BCUT2D eigenvalue weighted by atomic mass is 10.1. The highest BCUT2D eigenvalue weighted by Gasteiger charge is 2.13. The first-order valence-electron chi connectivity index (χ1n) is 10.4. The second kappa shape index (κ2) is 9.83. The maximum atomic E-state index is 12.2. The second-order valence-electron chi connectivity index (χ2n) is 7.66. The van der Waals surface area contributed by atoms with Crippen LogP contribution in [0, 0.1) is 20.8 Å². The fourth-order valence-corrected chi connectivity index (χ4v) is 3.59. The molecular weight excluding hydrogens is 440 g/mol. The quantitative estimate of drug-likeness (QED) is 0.273. The van der Waals surface area contributed by atoms with Gasteiger partial charge in [-0.3, -0.25) is 4.68 Å². The van der Waals surface area contributed by atoms with Crippen molar-refractivity contribution < 1.29 is 14.1 Å². The second-order valence-corrected chi connectivity index (χ2v) is 8.07. The summed E-state index contributed by atoms with van der Waals surface area (Å²) in [5.74, 6) is 0.0111. The third kappa shape index (κ3) is 5.38. The van der Waals surface area contributed by atoms with Gasteiger partial charge in [-0.15, -0.1) is 0 Å². The van der Waals surface area contributed by atoms with Gasteiger partial charge in [0, 0.05) is 22.9 Å². The van der Waals surface area contributed by atoms with Gasteiger partial charge in [-0.1, -0.05) is 58.7 Å². The molecule has 0 saturated heterocycles. The molecule has 168 valence electrons. The van der Waals surface area contributed by atoms with Crippen molar-refractivity contribution in [3.8, 4) is 11.4 Å². The number of hydrogen-bond acceptors (Lipinski definition) is 6. The summed E-state index contributed by atoms with van der Waals surface area (Å²) in [5.41, 5.74) is 5.72. The number of aromatic nitrogens is 4. The number of benzene rings is 2. The van der Waals surface area contributed by atoms with Gasteiger partial charge in [0.15, 0.2) is 6.61 Å². The summed E-state index contributed by atoms with van der Waals surface area (Å²) in [7, 11) is 0. The van der Waals surface area contributed by atoms with Crippen LogP contribution in [-0.4, -0.2) is 25.9 Å². The smallest absolute Gasteiger partial charge is 0.331 e. The highest BCUT2D eigenvalue weighted by atomic mass is 35.5. The van der Waals surface area contributed by atoms with Crippen LogP contribution >= 0.6 is 11.6 Å². The zero-order chi connectivity index (χ0) is 23.4. The van der Waals surface area contributed by atoms with Gasteiger partial charge in [-0.2, -0.15) is 10.1 Å². The first-order chi connectivity index (χ1) is 15.9. The Balaban J connectivity index is 1.38. The highest BCUT2D eigenvalue weighted by molar-refractivity contribution is 6.33. The zero-order valence-corrected chi connectivity index (χ0v) is 19.3. The maximum Gasteiger partial charge on any atom is 0.331 e. The molecular formula is C25H23ClN4O3. The summed E-state index contributed by atoms with van der Waals surface area (Å²) < 4.78 is 12.3. The molecule has 4 rings (SSSR count). The first kappa shape index (κ1) is 22.5. The fraction of sp³-hybridized carbons (Fsp3) is 0.200. The number of halogens is 1. The molecule has 4 aromatic rings. The van der Waals surface area contributed by atoms with Gasteiger partial charge < -0.3 is 9.26 Å². The topological polar surface area (TPSA) is 83.0 Å². The lowest BCUT2D eigenvalue weighted by Gasteiger charge is -2.05. The van der Waals surface area contributed by atoms with Crippen LogP contribution < -0.4 is 0 Å². The Morgan fingerprint density at radius 3 is 2.64 bits per heavy atom. The molecule has 0 atom stereocenters. The number of rotatable bonds is 7. The fourth-order valence-electron chi connectivity index (χ4n) is 3.37. The average molecular weight is 463 g/mol. The van der Waals surface area contributed by atoms with Crippen molar-refractivity contribution in [1.29, 1.82) is 0 Å². The van der Waals surface area contributed by atoms with Crippen molar-refractivity contribution in [3.05, 3.63) is 93.6 Å². The number of carbonyl (C=O) groups excluding carboxylic acids is 1. The van der Waals surface area contributed by atoms with Crippen LogP contribution in [0.25, 0.3) is 17.5 Å². The molecule has 0 aliphatic heterocycles. The van der Waals surface area contributed by atoms with E-state index in [1.807, 2.05) is 30.7 Å². The summed E-state index contributed by atoms with van der Waals surface area (Å²) in [6.07, 6.45) is 3.09. The molecule has 0 aliphatic carbocycles. The van der Waals surface area contributed by atoms with E-state index < -0.39 is 5.97 Å². The van der Waals surface area contributed by atoms with Crippen LogP contribution in [0.15, 0.2) is 59.1 Å². The third-order valence-electron chi connectivity index (χ3n) is 5.20. The Hall–Kier alpha value is -3.71. The van der Waals surface area contributed by atoms with Gasteiger partial charge in [0.2, 0.25) is 5.82 Å². The molecule has 8 heteroatoms. The Labute approximate surface area is 196 Å². The average Bonchev–Trinajstić information content (AvgIpc) is 3.37. The van der Waals surface area contributed by atoms with Crippen LogP contribution in [0.3, 0.4) is 0 Å². The molecule has 0 spiro atoms. The molecule has 33 heavy (non-hydrogen) atoms. The molecule has 0 unspecified atom stereocenters. The predicted octanol–water partition coefficient (Wildman–Crippen LogP) is 5.32. The molecule has 2 aromatic carbocycles. The molecule has 2 aromatic heterocycles. The minimum Gasteiger partial charge on any atom is -0.452 e. The minimum absolute atomic E-state index is 0.134.